The van der Waals surface area contributed by atoms with Crippen molar-refractivity contribution in [2.45, 2.75) is 12.5 Å². The van der Waals surface area contributed by atoms with Gasteiger partial charge in [0.25, 0.3) is 0 Å². The quantitative estimate of drug-likeness (QED) is 0.785. The molecular formula is C9H9Br2NO3. The SMILES string of the molecule is NC(Cc1c(Br)cc(O)cc1Br)C(=O)O. The standard InChI is InChI=1S/C9H9Br2NO3/c10-6-1-4(13)2-7(11)5(6)3-8(12)9(14)15/h1-2,8,13H,3,12H2,(H,14,15). The van der Waals surface area contributed by atoms with Gasteiger partial charge in [0, 0.05) is 15.4 Å². The maximum atomic E-state index is 10.6. The monoisotopic (exact) mass is 337 g/mol. The van der Waals surface area contributed by atoms with Crippen molar-refractivity contribution < 1.29 is 15.0 Å². The molecule has 4 nitrogen and oxygen atoms in total. The predicted octanol–water partition coefficient (Wildman–Crippen LogP) is 1.87. The molecule has 0 amide bonds. The summed E-state index contributed by atoms with van der Waals surface area (Å²) in [7, 11) is 0. The lowest BCUT2D eigenvalue weighted by atomic mass is 10.1. The van der Waals surface area contributed by atoms with E-state index in [1.807, 2.05) is 0 Å². The Bertz CT molecular complexity index is 372. The van der Waals surface area contributed by atoms with Gasteiger partial charge in [-0.15, -0.1) is 0 Å². The molecule has 0 radical (unpaired) electrons. The van der Waals surface area contributed by atoms with Crippen molar-refractivity contribution in [3.05, 3.63) is 26.6 Å². The molecule has 0 saturated carbocycles. The number of benzene rings is 1. The first-order valence-corrected chi connectivity index (χ1v) is 5.65. The normalized spacial score (nSPS) is 12.5. The predicted molar refractivity (Wildman–Crippen MR) is 62.8 cm³/mol. The maximum Gasteiger partial charge on any atom is 0.320 e. The Kier molecular flexibility index (Phi) is 4.12. The highest BCUT2D eigenvalue weighted by atomic mass is 79.9. The van der Waals surface area contributed by atoms with Crippen LogP contribution in [0.25, 0.3) is 0 Å². The number of aliphatic carboxylic acids is 1. The van der Waals surface area contributed by atoms with Crippen LogP contribution in [-0.2, 0) is 11.2 Å². The molecule has 0 fully saturated rings. The maximum absolute atomic E-state index is 10.6. The van der Waals surface area contributed by atoms with Crippen LogP contribution in [0.2, 0.25) is 0 Å². The summed E-state index contributed by atoms with van der Waals surface area (Å²) in [5, 5.41) is 17.9. The van der Waals surface area contributed by atoms with Crippen LogP contribution in [0.5, 0.6) is 5.75 Å². The summed E-state index contributed by atoms with van der Waals surface area (Å²) in [5.41, 5.74) is 6.15. The van der Waals surface area contributed by atoms with E-state index < -0.39 is 12.0 Å². The fourth-order valence-corrected chi connectivity index (χ4v) is 2.58. The van der Waals surface area contributed by atoms with Gasteiger partial charge in [-0.05, 0) is 17.7 Å². The summed E-state index contributed by atoms with van der Waals surface area (Å²) in [6.07, 6.45) is 0.191. The van der Waals surface area contributed by atoms with Gasteiger partial charge in [-0.1, -0.05) is 31.9 Å². The van der Waals surface area contributed by atoms with Crippen LogP contribution in [0.3, 0.4) is 0 Å². The average molecular weight is 339 g/mol. The van der Waals surface area contributed by atoms with Crippen molar-refractivity contribution in [1.29, 1.82) is 0 Å². The Labute approximate surface area is 103 Å². The summed E-state index contributed by atoms with van der Waals surface area (Å²) in [4.78, 5) is 10.6. The second-order valence-electron chi connectivity index (χ2n) is 3.04. The lowest BCUT2D eigenvalue weighted by Crippen LogP contribution is -2.32. The second kappa shape index (κ2) is 4.96. The molecule has 1 aromatic rings. The number of hydrogen-bond acceptors (Lipinski definition) is 3. The van der Waals surface area contributed by atoms with Crippen LogP contribution in [0, 0.1) is 0 Å². The molecule has 15 heavy (non-hydrogen) atoms. The third kappa shape index (κ3) is 3.19. The van der Waals surface area contributed by atoms with E-state index in [1.54, 1.807) is 0 Å². The minimum absolute atomic E-state index is 0.0985. The van der Waals surface area contributed by atoms with E-state index >= 15 is 0 Å². The van der Waals surface area contributed by atoms with E-state index in [1.165, 1.54) is 12.1 Å². The van der Waals surface area contributed by atoms with Gasteiger partial charge in [0.15, 0.2) is 0 Å². The van der Waals surface area contributed by atoms with Gasteiger partial charge < -0.3 is 15.9 Å². The second-order valence-corrected chi connectivity index (χ2v) is 4.75. The molecule has 0 aliphatic carbocycles. The minimum atomic E-state index is -1.05. The molecule has 1 unspecified atom stereocenters. The van der Waals surface area contributed by atoms with Crippen molar-refractivity contribution in [3.8, 4) is 5.75 Å². The molecule has 0 aromatic heterocycles. The lowest BCUT2D eigenvalue weighted by molar-refractivity contribution is -0.138. The zero-order valence-electron chi connectivity index (χ0n) is 7.58. The summed E-state index contributed by atoms with van der Waals surface area (Å²) in [6.45, 7) is 0. The van der Waals surface area contributed by atoms with Gasteiger partial charge in [0.1, 0.15) is 11.8 Å². The van der Waals surface area contributed by atoms with E-state index in [0.29, 0.717) is 8.95 Å². The summed E-state index contributed by atoms with van der Waals surface area (Å²) < 4.78 is 1.26. The number of hydrogen-bond donors (Lipinski definition) is 3. The Morgan fingerprint density at radius 1 is 1.40 bits per heavy atom. The Morgan fingerprint density at radius 2 is 1.87 bits per heavy atom. The highest BCUT2D eigenvalue weighted by molar-refractivity contribution is 9.11. The number of carbonyl (C=O) groups is 1. The molecule has 0 heterocycles. The van der Waals surface area contributed by atoms with Crippen LogP contribution >= 0.6 is 31.9 Å². The molecule has 0 aliphatic heterocycles. The van der Waals surface area contributed by atoms with Gasteiger partial charge in [0.2, 0.25) is 0 Å². The first-order valence-electron chi connectivity index (χ1n) is 4.07. The highest BCUT2D eigenvalue weighted by Crippen LogP contribution is 2.30. The van der Waals surface area contributed by atoms with Crippen LogP contribution in [0.4, 0.5) is 0 Å². The third-order valence-electron chi connectivity index (χ3n) is 1.87. The van der Waals surface area contributed by atoms with Gasteiger partial charge in [0.05, 0.1) is 0 Å². The van der Waals surface area contributed by atoms with E-state index in [9.17, 15) is 9.90 Å². The van der Waals surface area contributed by atoms with Crippen molar-refractivity contribution in [1.82, 2.24) is 0 Å². The fourth-order valence-electron chi connectivity index (χ4n) is 1.09. The summed E-state index contributed by atoms with van der Waals surface area (Å²) in [6, 6.07) is 2.03. The van der Waals surface area contributed by atoms with Gasteiger partial charge in [-0.2, -0.15) is 0 Å². The summed E-state index contributed by atoms with van der Waals surface area (Å²) >= 11 is 6.47. The topological polar surface area (TPSA) is 83.5 Å². The molecule has 0 bridgehead atoms. The van der Waals surface area contributed by atoms with Crippen molar-refractivity contribution in [2.75, 3.05) is 0 Å². The molecule has 1 rings (SSSR count). The smallest absolute Gasteiger partial charge is 0.320 e. The Balaban J connectivity index is 3.00. The molecule has 6 heteroatoms. The number of carboxylic acid groups (broad SMARTS) is 1. The number of aromatic hydroxyl groups is 1. The van der Waals surface area contributed by atoms with Gasteiger partial charge in [-0.3, -0.25) is 4.79 Å². The Morgan fingerprint density at radius 3 is 2.27 bits per heavy atom. The molecule has 0 aliphatic rings. The first-order chi connectivity index (χ1) is 6.91. The average Bonchev–Trinajstić information content (AvgIpc) is 2.10. The molecule has 0 saturated heterocycles. The minimum Gasteiger partial charge on any atom is -0.508 e. The highest BCUT2D eigenvalue weighted by Gasteiger charge is 2.16. The molecule has 1 aromatic carbocycles. The zero-order valence-corrected chi connectivity index (χ0v) is 10.7. The van der Waals surface area contributed by atoms with E-state index in [4.69, 9.17) is 10.8 Å². The number of halogens is 2. The summed E-state index contributed by atoms with van der Waals surface area (Å²) in [5.74, 6) is -0.955. The van der Waals surface area contributed by atoms with Crippen LogP contribution < -0.4 is 5.73 Å². The zero-order chi connectivity index (χ0) is 11.6. The number of nitrogens with two attached hydrogens (primary N) is 1. The van der Waals surface area contributed by atoms with Crippen LogP contribution in [-0.4, -0.2) is 22.2 Å². The first kappa shape index (κ1) is 12.5. The van der Waals surface area contributed by atoms with Crippen LogP contribution in [0.1, 0.15) is 5.56 Å². The van der Waals surface area contributed by atoms with Crippen molar-refractivity contribution in [2.24, 2.45) is 5.73 Å². The molecule has 82 valence electrons. The van der Waals surface area contributed by atoms with E-state index in [0.717, 1.165) is 5.56 Å². The lowest BCUT2D eigenvalue weighted by Gasteiger charge is -2.11. The van der Waals surface area contributed by atoms with E-state index in [2.05, 4.69) is 31.9 Å². The van der Waals surface area contributed by atoms with Crippen molar-refractivity contribution in [3.63, 3.8) is 0 Å². The van der Waals surface area contributed by atoms with Crippen molar-refractivity contribution >= 4 is 37.8 Å². The number of phenols is 1. The molecule has 4 N–H and O–H groups in total. The van der Waals surface area contributed by atoms with Gasteiger partial charge in [-0.25, -0.2) is 0 Å². The Hall–Kier alpha value is -0.590. The van der Waals surface area contributed by atoms with Crippen LogP contribution in [0.15, 0.2) is 21.1 Å². The fraction of sp³-hybridized carbons (Fsp3) is 0.222. The molecule has 1 atom stereocenters. The number of phenolic OH excluding ortho intramolecular Hbond substituents is 1. The van der Waals surface area contributed by atoms with E-state index in [-0.39, 0.29) is 12.2 Å². The third-order valence-corrected chi connectivity index (χ3v) is 3.28. The largest absolute Gasteiger partial charge is 0.508 e. The molecular weight excluding hydrogens is 330 g/mol. The number of rotatable bonds is 3. The molecule has 0 spiro atoms. The van der Waals surface area contributed by atoms with Gasteiger partial charge >= 0.3 is 5.97 Å². The number of carboxylic acids is 1.